The summed E-state index contributed by atoms with van der Waals surface area (Å²) in [6.45, 7) is 4.86. The monoisotopic (exact) mass is 274 g/mol. The van der Waals surface area contributed by atoms with Gasteiger partial charge in [-0.1, -0.05) is 43.7 Å². The van der Waals surface area contributed by atoms with Crippen LogP contribution in [0.25, 0.3) is 0 Å². The molecule has 1 amide bonds. The number of amides is 1. The van der Waals surface area contributed by atoms with Gasteiger partial charge in [0.1, 0.15) is 0 Å². The first-order chi connectivity index (χ1) is 9.70. The van der Waals surface area contributed by atoms with E-state index in [2.05, 4.69) is 24.4 Å². The van der Waals surface area contributed by atoms with Crippen molar-refractivity contribution in [1.82, 2.24) is 10.2 Å². The molecule has 2 rings (SSSR count). The Morgan fingerprint density at radius 1 is 1.25 bits per heavy atom. The molecule has 1 aromatic carbocycles. The van der Waals surface area contributed by atoms with Gasteiger partial charge in [-0.05, 0) is 37.9 Å². The van der Waals surface area contributed by atoms with Crippen LogP contribution in [-0.4, -0.2) is 37.5 Å². The van der Waals surface area contributed by atoms with Gasteiger partial charge in [-0.15, -0.1) is 0 Å². The van der Waals surface area contributed by atoms with Gasteiger partial charge in [0.05, 0.1) is 5.41 Å². The number of carbonyl (C=O) groups is 1. The molecule has 1 saturated heterocycles. The Balaban J connectivity index is 2.25. The lowest BCUT2D eigenvalue weighted by atomic mass is 9.72. The van der Waals surface area contributed by atoms with Crippen molar-refractivity contribution in [3.8, 4) is 0 Å². The molecule has 1 aliphatic rings. The van der Waals surface area contributed by atoms with Gasteiger partial charge in [-0.25, -0.2) is 0 Å². The molecule has 1 heterocycles. The van der Waals surface area contributed by atoms with Gasteiger partial charge in [0.15, 0.2) is 0 Å². The summed E-state index contributed by atoms with van der Waals surface area (Å²) in [4.78, 5) is 15.0. The summed E-state index contributed by atoms with van der Waals surface area (Å²) in [5.74, 6) is 0.290. The maximum atomic E-state index is 13.0. The Morgan fingerprint density at radius 2 is 1.90 bits per heavy atom. The summed E-state index contributed by atoms with van der Waals surface area (Å²) in [5, 5.41) is 3.38. The first-order valence-electron chi connectivity index (χ1n) is 7.72. The smallest absolute Gasteiger partial charge is 0.233 e. The van der Waals surface area contributed by atoms with E-state index in [1.165, 1.54) is 5.56 Å². The van der Waals surface area contributed by atoms with E-state index in [0.29, 0.717) is 5.91 Å². The molecule has 0 aromatic heterocycles. The Bertz CT molecular complexity index is 424. The Hall–Kier alpha value is -1.35. The zero-order valence-corrected chi connectivity index (χ0v) is 12.7. The highest BCUT2D eigenvalue weighted by Crippen LogP contribution is 2.35. The van der Waals surface area contributed by atoms with E-state index in [0.717, 1.165) is 45.3 Å². The van der Waals surface area contributed by atoms with E-state index < -0.39 is 0 Å². The number of benzene rings is 1. The molecule has 0 atom stereocenters. The quantitative estimate of drug-likeness (QED) is 0.895. The summed E-state index contributed by atoms with van der Waals surface area (Å²) < 4.78 is 0. The molecule has 3 nitrogen and oxygen atoms in total. The lowest BCUT2D eigenvalue weighted by molar-refractivity contribution is -0.137. The minimum Gasteiger partial charge on any atom is -0.345 e. The van der Waals surface area contributed by atoms with E-state index in [1.54, 1.807) is 0 Å². The van der Waals surface area contributed by atoms with Crippen LogP contribution in [0.4, 0.5) is 0 Å². The average molecular weight is 274 g/mol. The van der Waals surface area contributed by atoms with Crippen molar-refractivity contribution in [3.05, 3.63) is 35.9 Å². The summed E-state index contributed by atoms with van der Waals surface area (Å²) >= 11 is 0. The van der Waals surface area contributed by atoms with Gasteiger partial charge in [0, 0.05) is 13.6 Å². The lowest BCUT2D eigenvalue weighted by Gasteiger charge is -2.39. The fourth-order valence-electron chi connectivity index (χ4n) is 3.10. The van der Waals surface area contributed by atoms with E-state index in [9.17, 15) is 4.79 Å². The number of hydrogen-bond acceptors (Lipinski definition) is 2. The maximum Gasteiger partial charge on any atom is 0.233 e. The Labute approximate surface area is 122 Å². The molecule has 1 aromatic rings. The van der Waals surface area contributed by atoms with Crippen molar-refractivity contribution in [1.29, 1.82) is 0 Å². The van der Waals surface area contributed by atoms with Crippen molar-refractivity contribution in [2.24, 2.45) is 0 Å². The normalized spacial score (nSPS) is 17.7. The van der Waals surface area contributed by atoms with Crippen LogP contribution in [0.5, 0.6) is 0 Å². The summed E-state index contributed by atoms with van der Waals surface area (Å²) in [6, 6.07) is 10.3. The highest BCUT2D eigenvalue weighted by atomic mass is 16.2. The zero-order valence-electron chi connectivity index (χ0n) is 12.7. The predicted octanol–water partition coefficient (Wildman–Crippen LogP) is 2.57. The van der Waals surface area contributed by atoms with Crippen molar-refractivity contribution >= 4 is 5.91 Å². The summed E-state index contributed by atoms with van der Waals surface area (Å²) in [6.07, 6.45) is 3.99. The van der Waals surface area contributed by atoms with E-state index in [4.69, 9.17) is 0 Å². The van der Waals surface area contributed by atoms with Gasteiger partial charge in [0.2, 0.25) is 5.91 Å². The number of rotatable bonds is 5. The molecule has 0 bridgehead atoms. The van der Waals surface area contributed by atoms with E-state index in [1.807, 2.05) is 30.1 Å². The molecular formula is C17H26N2O. The van der Waals surface area contributed by atoms with Crippen LogP contribution < -0.4 is 5.32 Å². The first-order valence-corrected chi connectivity index (χ1v) is 7.72. The van der Waals surface area contributed by atoms with Crippen LogP contribution in [-0.2, 0) is 10.2 Å². The predicted molar refractivity (Wildman–Crippen MR) is 82.8 cm³/mol. The minimum atomic E-state index is -0.324. The van der Waals surface area contributed by atoms with Crippen molar-refractivity contribution in [2.75, 3.05) is 26.7 Å². The second-order valence-electron chi connectivity index (χ2n) is 5.78. The molecule has 1 N–H and O–H groups in total. The third-order valence-corrected chi connectivity index (χ3v) is 4.39. The van der Waals surface area contributed by atoms with Crippen LogP contribution in [0.15, 0.2) is 30.3 Å². The second kappa shape index (κ2) is 6.89. The van der Waals surface area contributed by atoms with Gasteiger partial charge < -0.3 is 10.2 Å². The molecule has 1 fully saturated rings. The van der Waals surface area contributed by atoms with Gasteiger partial charge >= 0.3 is 0 Å². The molecule has 0 saturated carbocycles. The van der Waals surface area contributed by atoms with Crippen LogP contribution in [0.1, 0.15) is 38.2 Å². The van der Waals surface area contributed by atoms with Gasteiger partial charge in [-0.2, -0.15) is 0 Å². The van der Waals surface area contributed by atoms with Crippen molar-refractivity contribution in [2.45, 2.75) is 38.0 Å². The molecule has 0 radical (unpaired) electrons. The minimum absolute atomic E-state index is 0.290. The van der Waals surface area contributed by atoms with Crippen LogP contribution in [0, 0.1) is 0 Å². The molecule has 3 heteroatoms. The highest BCUT2D eigenvalue weighted by molar-refractivity contribution is 5.88. The standard InChI is InChI=1S/C17H26N2O/c1-3-4-14-19(2)16(20)17(10-12-18-13-11-17)15-8-6-5-7-9-15/h5-9,18H,3-4,10-14H2,1-2H3. The van der Waals surface area contributed by atoms with Crippen LogP contribution in [0.2, 0.25) is 0 Å². The molecule has 110 valence electrons. The number of nitrogens with one attached hydrogen (secondary N) is 1. The second-order valence-corrected chi connectivity index (χ2v) is 5.78. The summed E-state index contributed by atoms with van der Waals surface area (Å²) in [7, 11) is 1.95. The van der Waals surface area contributed by atoms with Crippen LogP contribution >= 0.6 is 0 Å². The fourth-order valence-corrected chi connectivity index (χ4v) is 3.10. The molecule has 0 unspecified atom stereocenters. The number of unbranched alkanes of at least 4 members (excludes halogenated alkanes) is 1. The Morgan fingerprint density at radius 3 is 2.50 bits per heavy atom. The third-order valence-electron chi connectivity index (χ3n) is 4.39. The number of nitrogens with zero attached hydrogens (tertiary/aromatic N) is 1. The third kappa shape index (κ3) is 3.04. The topological polar surface area (TPSA) is 32.3 Å². The van der Waals surface area contributed by atoms with E-state index >= 15 is 0 Å². The largest absolute Gasteiger partial charge is 0.345 e. The lowest BCUT2D eigenvalue weighted by Crippen LogP contribution is -2.51. The maximum absolute atomic E-state index is 13.0. The number of likely N-dealkylation sites (N-methyl/N-ethyl adjacent to an activating group) is 1. The fraction of sp³-hybridized carbons (Fsp3) is 0.588. The number of hydrogen-bond donors (Lipinski definition) is 1. The average Bonchev–Trinajstić information content (AvgIpc) is 2.53. The van der Waals surface area contributed by atoms with Crippen LogP contribution in [0.3, 0.4) is 0 Å². The summed E-state index contributed by atoms with van der Waals surface area (Å²) in [5.41, 5.74) is 0.851. The Kier molecular flexibility index (Phi) is 5.18. The van der Waals surface area contributed by atoms with Gasteiger partial charge in [0.25, 0.3) is 0 Å². The number of piperidine rings is 1. The SMILES string of the molecule is CCCCN(C)C(=O)C1(c2ccccc2)CCNCC1. The highest BCUT2D eigenvalue weighted by Gasteiger charge is 2.42. The molecule has 0 aliphatic carbocycles. The number of carbonyl (C=O) groups excluding carboxylic acids is 1. The van der Waals surface area contributed by atoms with Gasteiger partial charge in [-0.3, -0.25) is 4.79 Å². The van der Waals surface area contributed by atoms with E-state index in [-0.39, 0.29) is 5.41 Å². The molecule has 1 aliphatic heterocycles. The molecule has 20 heavy (non-hydrogen) atoms. The van der Waals surface area contributed by atoms with Crippen molar-refractivity contribution < 1.29 is 4.79 Å². The molecular weight excluding hydrogens is 248 g/mol. The first kappa shape index (κ1) is 15.0. The molecule has 0 spiro atoms. The zero-order chi connectivity index (χ0) is 14.4. The van der Waals surface area contributed by atoms with Crippen molar-refractivity contribution in [3.63, 3.8) is 0 Å².